The number of esters is 2. The molecule has 2 aromatic carbocycles. The number of para-hydroxylation sites is 1. The number of carbonyl (C=O) groups is 3. The van der Waals surface area contributed by atoms with E-state index < -0.39 is 30.6 Å². The van der Waals surface area contributed by atoms with Crippen molar-refractivity contribution in [2.24, 2.45) is 0 Å². The van der Waals surface area contributed by atoms with E-state index in [9.17, 15) is 19.5 Å². The van der Waals surface area contributed by atoms with Gasteiger partial charge in [0.1, 0.15) is 0 Å². The van der Waals surface area contributed by atoms with Crippen molar-refractivity contribution in [3.63, 3.8) is 0 Å². The number of hydrogen-bond donors (Lipinski definition) is 2. The Hall–Kier alpha value is -3.19. The van der Waals surface area contributed by atoms with Crippen LogP contribution in [-0.2, 0) is 19.1 Å². The van der Waals surface area contributed by atoms with Gasteiger partial charge in [-0.05, 0) is 24.6 Å². The van der Waals surface area contributed by atoms with Crippen LogP contribution in [0.25, 0.3) is 0 Å². The molecule has 136 valence electrons. The molecule has 0 aromatic heterocycles. The van der Waals surface area contributed by atoms with E-state index in [1.165, 1.54) is 12.1 Å². The lowest BCUT2D eigenvalue weighted by Gasteiger charge is -2.12. The summed E-state index contributed by atoms with van der Waals surface area (Å²) in [5.74, 6) is -2.15. The molecule has 2 aromatic rings. The normalized spacial score (nSPS) is 11.3. The number of carbonyl (C=O) groups excluding carboxylic acids is 3. The Morgan fingerprint density at radius 2 is 1.65 bits per heavy atom. The quantitative estimate of drug-likeness (QED) is 0.736. The standard InChI is InChI=1S/C19H19NO6/c1-2-25-18(23)14-10-6-7-11-15(14)20-16(21)12-26-19(24)17(22)13-8-4-3-5-9-13/h3-11,17,22H,2,12H2,1H3,(H,20,21)/t17-/m1/s1. The first-order valence-corrected chi connectivity index (χ1v) is 7.98. The minimum Gasteiger partial charge on any atom is -0.462 e. The molecule has 2 rings (SSSR count). The largest absolute Gasteiger partial charge is 0.462 e. The average molecular weight is 357 g/mol. The predicted octanol–water partition coefficient (Wildman–Crippen LogP) is 2.08. The second-order valence-corrected chi connectivity index (χ2v) is 5.24. The highest BCUT2D eigenvalue weighted by Gasteiger charge is 2.20. The summed E-state index contributed by atoms with van der Waals surface area (Å²) >= 11 is 0. The van der Waals surface area contributed by atoms with E-state index in [0.29, 0.717) is 5.56 Å². The van der Waals surface area contributed by atoms with E-state index in [2.05, 4.69) is 5.32 Å². The molecular formula is C19H19NO6. The van der Waals surface area contributed by atoms with Crippen molar-refractivity contribution in [3.8, 4) is 0 Å². The molecule has 0 radical (unpaired) electrons. The van der Waals surface area contributed by atoms with E-state index in [-0.39, 0.29) is 17.9 Å². The molecule has 1 atom stereocenters. The molecule has 0 heterocycles. The lowest BCUT2D eigenvalue weighted by Crippen LogP contribution is -2.24. The summed E-state index contributed by atoms with van der Waals surface area (Å²) in [7, 11) is 0. The second-order valence-electron chi connectivity index (χ2n) is 5.24. The van der Waals surface area contributed by atoms with Crippen LogP contribution in [0.1, 0.15) is 28.9 Å². The highest BCUT2D eigenvalue weighted by molar-refractivity contribution is 6.01. The second kappa shape index (κ2) is 9.33. The molecule has 1 amide bonds. The van der Waals surface area contributed by atoms with Gasteiger partial charge in [0.15, 0.2) is 12.7 Å². The number of amides is 1. The number of aliphatic hydroxyl groups excluding tert-OH is 1. The van der Waals surface area contributed by atoms with Gasteiger partial charge in [-0.15, -0.1) is 0 Å². The summed E-state index contributed by atoms with van der Waals surface area (Å²) in [6, 6.07) is 14.6. The molecule has 7 nitrogen and oxygen atoms in total. The molecule has 0 saturated heterocycles. The maximum absolute atomic E-state index is 12.0. The molecule has 0 saturated carbocycles. The van der Waals surface area contributed by atoms with E-state index in [0.717, 1.165) is 0 Å². The smallest absolute Gasteiger partial charge is 0.340 e. The Morgan fingerprint density at radius 3 is 2.35 bits per heavy atom. The molecular weight excluding hydrogens is 338 g/mol. The van der Waals surface area contributed by atoms with Crippen LogP contribution >= 0.6 is 0 Å². The maximum Gasteiger partial charge on any atom is 0.340 e. The summed E-state index contributed by atoms with van der Waals surface area (Å²) in [4.78, 5) is 35.7. The van der Waals surface area contributed by atoms with Gasteiger partial charge in [-0.3, -0.25) is 4.79 Å². The summed E-state index contributed by atoms with van der Waals surface area (Å²) < 4.78 is 9.74. The van der Waals surface area contributed by atoms with Gasteiger partial charge >= 0.3 is 11.9 Å². The van der Waals surface area contributed by atoms with Crippen LogP contribution in [0.4, 0.5) is 5.69 Å². The van der Waals surface area contributed by atoms with Gasteiger partial charge in [0.05, 0.1) is 17.9 Å². The van der Waals surface area contributed by atoms with Crippen molar-refractivity contribution < 1.29 is 29.0 Å². The third-order valence-electron chi connectivity index (χ3n) is 3.38. The maximum atomic E-state index is 12.0. The van der Waals surface area contributed by atoms with Gasteiger partial charge in [0, 0.05) is 0 Å². The first kappa shape index (κ1) is 19.1. The minimum atomic E-state index is -1.48. The number of nitrogens with one attached hydrogen (secondary N) is 1. The Balaban J connectivity index is 1.93. The van der Waals surface area contributed by atoms with Crippen molar-refractivity contribution in [1.29, 1.82) is 0 Å². The van der Waals surface area contributed by atoms with Crippen LogP contribution in [0.2, 0.25) is 0 Å². The first-order valence-electron chi connectivity index (χ1n) is 7.98. The van der Waals surface area contributed by atoms with Gasteiger partial charge in [0.25, 0.3) is 5.91 Å². The monoisotopic (exact) mass is 357 g/mol. The Labute approximate surface area is 150 Å². The zero-order valence-corrected chi connectivity index (χ0v) is 14.2. The van der Waals surface area contributed by atoms with Gasteiger partial charge < -0.3 is 19.9 Å². The zero-order chi connectivity index (χ0) is 18.9. The average Bonchev–Trinajstić information content (AvgIpc) is 2.66. The third-order valence-corrected chi connectivity index (χ3v) is 3.38. The highest BCUT2D eigenvalue weighted by atomic mass is 16.6. The molecule has 7 heteroatoms. The molecule has 0 aliphatic carbocycles. The van der Waals surface area contributed by atoms with Gasteiger partial charge in [-0.25, -0.2) is 9.59 Å². The van der Waals surface area contributed by atoms with Crippen LogP contribution in [0.5, 0.6) is 0 Å². The fourth-order valence-corrected chi connectivity index (χ4v) is 2.15. The lowest BCUT2D eigenvalue weighted by atomic mass is 10.1. The number of hydrogen-bond acceptors (Lipinski definition) is 6. The molecule has 0 bridgehead atoms. The lowest BCUT2D eigenvalue weighted by molar-refractivity contribution is -0.156. The molecule has 0 fully saturated rings. The Bertz CT molecular complexity index is 775. The number of rotatable bonds is 7. The molecule has 0 aliphatic heterocycles. The topological polar surface area (TPSA) is 102 Å². The SMILES string of the molecule is CCOC(=O)c1ccccc1NC(=O)COC(=O)[C@H](O)c1ccccc1. The minimum absolute atomic E-state index is 0.193. The van der Waals surface area contributed by atoms with Crippen LogP contribution in [0.3, 0.4) is 0 Å². The third kappa shape index (κ3) is 5.15. The number of anilines is 1. The van der Waals surface area contributed by atoms with E-state index in [4.69, 9.17) is 9.47 Å². The Morgan fingerprint density at radius 1 is 1.00 bits per heavy atom. The molecule has 0 spiro atoms. The highest BCUT2D eigenvalue weighted by Crippen LogP contribution is 2.17. The molecule has 0 aliphatic rings. The van der Waals surface area contributed by atoms with Crippen molar-refractivity contribution in [2.75, 3.05) is 18.5 Å². The van der Waals surface area contributed by atoms with Gasteiger partial charge in [0.2, 0.25) is 0 Å². The van der Waals surface area contributed by atoms with E-state index in [1.807, 2.05) is 0 Å². The summed E-state index contributed by atoms with van der Waals surface area (Å²) in [5.41, 5.74) is 0.805. The van der Waals surface area contributed by atoms with Crippen molar-refractivity contribution in [3.05, 3.63) is 65.7 Å². The number of aliphatic hydroxyl groups is 1. The van der Waals surface area contributed by atoms with Crippen molar-refractivity contribution in [2.45, 2.75) is 13.0 Å². The molecule has 26 heavy (non-hydrogen) atoms. The zero-order valence-electron chi connectivity index (χ0n) is 14.2. The van der Waals surface area contributed by atoms with Crippen LogP contribution in [0.15, 0.2) is 54.6 Å². The molecule has 2 N–H and O–H groups in total. The number of benzene rings is 2. The van der Waals surface area contributed by atoms with Crippen LogP contribution < -0.4 is 5.32 Å². The summed E-state index contributed by atoms with van der Waals surface area (Å²) in [6.07, 6.45) is -1.48. The van der Waals surface area contributed by atoms with Crippen LogP contribution in [0, 0.1) is 0 Å². The fraction of sp³-hybridized carbons (Fsp3) is 0.211. The van der Waals surface area contributed by atoms with Crippen molar-refractivity contribution >= 4 is 23.5 Å². The van der Waals surface area contributed by atoms with Crippen LogP contribution in [-0.4, -0.2) is 36.2 Å². The van der Waals surface area contributed by atoms with Gasteiger partial charge in [-0.2, -0.15) is 0 Å². The molecule has 0 unspecified atom stereocenters. The number of ether oxygens (including phenoxy) is 2. The first-order chi connectivity index (χ1) is 12.5. The summed E-state index contributed by atoms with van der Waals surface area (Å²) in [6.45, 7) is 1.28. The van der Waals surface area contributed by atoms with Crippen molar-refractivity contribution in [1.82, 2.24) is 0 Å². The Kier molecular flexibility index (Phi) is 6.87. The summed E-state index contributed by atoms with van der Waals surface area (Å²) in [5, 5.41) is 12.4. The van der Waals surface area contributed by atoms with Gasteiger partial charge in [-0.1, -0.05) is 42.5 Å². The fourth-order valence-electron chi connectivity index (χ4n) is 2.15. The van der Waals surface area contributed by atoms with E-state index in [1.54, 1.807) is 49.4 Å². The predicted molar refractivity (Wildman–Crippen MR) is 93.4 cm³/mol. The van der Waals surface area contributed by atoms with E-state index >= 15 is 0 Å².